The first-order valence-electron chi connectivity index (χ1n) is 8.18. The van der Waals surface area contributed by atoms with Crippen LogP contribution in [0.5, 0.6) is 0 Å². The lowest BCUT2D eigenvalue weighted by Crippen LogP contribution is -1.97. The fourth-order valence-corrected chi connectivity index (χ4v) is 4.55. The molecular formula is C20H12ClFN2O3S. The SMILES string of the molecule is O=[N+]([O-])c1cccc(S(=O)c2c(-c3ccccc3)[nH]c3cc(Cl)c(F)cc23)c1. The lowest BCUT2D eigenvalue weighted by atomic mass is 10.1. The maximum absolute atomic E-state index is 14.1. The summed E-state index contributed by atoms with van der Waals surface area (Å²) in [4.78, 5) is 14.3. The zero-order valence-electron chi connectivity index (χ0n) is 14.2. The summed E-state index contributed by atoms with van der Waals surface area (Å²) < 4.78 is 27.5. The second-order valence-corrected chi connectivity index (χ2v) is 7.85. The van der Waals surface area contributed by atoms with E-state index in [0.717, 1.165) is 5.56 Å². The average molecular weight is 415 g/mol. The lowest BCUT2D eigenvalue weighted by molar-refractivity contribution is -0.385. The largest absolute Gasteiger partial charge is 0.353 e. The molecule has 1 heterocycles. The second-order valence-electron chi connectivity index (χ2n) is 6.03. The number of fused-ring (bicyclic) bond motifs is 1. The van der Waals surface area contributed by atoms with Crippen LogP contribution in [0, 0.1) is 15.9 Å². The van der Waals surface area contributed by atoms with Gasteiger partial charge in [0, 0.05) is 23.0 Å². The maximum atomic E-state index is 14.1. The highest BCUT2D eigenvalue weighted by molar-refractivity contribution is 7.85. The first-order chi connectivity index (χ1) is 13.5. The Morgan fingerprint density at radius 3 is 2.50 bits per heavy atom. The molecule has 4 rings (SSSR count). The predicted molar refractivity (Wildman–Crippen MR) is 106 cm³/mol. The number of non-ortho nitro benzene ring substituents is 1. The Labute approximate surface area is 166 Å². The molecule has 0 aliphatic heterocycles. The van der Waals surface area contributed by atoms with Crippen molar-refractivity contribution >= 4 is 39.0 Å². The Morgan fingerprint density at radius 2 is 1.79 bits per heavy atom. The van der Waals surface area contributed by atoms with Crippen LogP contribution >= 0.6 is 11.6 Å². The number of H-pyrrole nitrogens is 1. The molecule has 1 aromatic heterocycles. The number of nitrogens with one attached hydrogen (secondary N) is 1. The van der Waals surface area contributed by atoms with Crippen LogP contribution in [0.4, 0.5) is 10.1 Å². The number of nitro benzene ring substituents is 1. The van der Waals surface area contributed by atoms with Gasteiger partial charge in [-0.2, -0.15) is 0 Å². The summed E-state index contributed by atoms with van der Waals surface area (Å²) >= 11 is 5.90. The standard InChI is InChI=1S/C20H12ClFN2O3S/c21-16-11-18-15(10-17(16)22)20(19(23-18)12-5-2-1-3-6-12)28(27)14-8-4-7-13(9-14)24(25)26/h1-11,23H. The van der Waals surface area contributed by atoms with Crippen molar-refractivity contribution in [3.05, 3.63) is 87.7 Å². The van der Waals surface area contributed by atoms with Crippen molar-refractivity contribution in [2.24, 2.45) is 0 Å². The first-order valence-corrected chi connectivity index (χ1v) is 9.71. The normalized spacial score (nSPS) is 12.2. The highest BCUT2D eigenvalue weighted by Gasteiger charge is 2.22. The van der Waals surface area contributed by atoms with Crippen LogP contribution in [0.25, 0.3) is 22.2 Å². The van der Waals surface area contributed by atoms with Crippen LogP contribution in [0.15, 0.2) is 76.5 Å². The van der Waals surface area contributed by atoms with Crippen LogP contribution in [-0.4, -0.2) is 14.1 Å². The average Bonchev–Trinajstić information content (AvgIpc) is 3.06. The van der Waals surface area contributed by atoms with E-state index < -0.39 is 21.5 Å². The van der Waals surface area contributed by atoms with E-state index in [4.69, 9.17) is 11.6 Å². The van der Waals surface area contributed by atoms with E-state index in [-0.39, 0.29) is 15.6 Å². The van der Waals surface area contributed by atoms with E-state index in [1.54, 1.807) is 6.07 Å². The van der Waals surface area contributed by atoms with E-state index in [2.05, 4.69) is 4.98 Å². The van der Waals surface area contributed by atoms with Crippen LogP contribution < -0.4 is 0 Å². The van der Waals surface area contributed by atoms with Crippen molar-refractivity contribution in [3.63, 3.8) is 0 Å². The number of nitrogens with zero attached hydrogens (tertiary/aromatic N) is 1. The number of hydrogen-bond acceptors (Lipinski definition) is 3. The van der Waals surface area contributed by atoms with Gasteiger partial charge in [0.2, 0.25) is 0 Å². The van der Waals surface area contributed by atoms with Crippen LogP contribution in [0.3, 0.4) is 0 Å². The second kappa shape index (κ2) is 7.18. The highest BCUT2D eigenvalue weighted by Crippen LogP contribution is 2.37. The fraction of sp³-hybridized carbons (Fsp3) is 0. The minimum absolute atomic E-state index is 0.0546. The highest BCUT2D eigenvalue weighted by atomic mass is 35.5. The van der Waals surface area contributed by atoms with Gasteiger partial charge in [-0.15, -0.1) is 0 Å². The molecule has 1 atom stereocenters. The monoisotopic (exact) mass is 414 g/mol. The molecule has 1 unspecified atom stereocenters. The molecule has 0 fully saturated rings. The minimum atomic E-state index is -1.79. The smallest absolute Gasteiger partial charge is 0.270 e. The van der Waals surface area contributed by atoms with Gasteiger partial charge in [-0.05, 0) is 23.8 Å². The number of benzene rings is 3. The summed E-state index contributed by atoms with van der Waals surface area (Å²) in [6, 6.07) is 17.4. The van der Waals surface area contributed by atoms with E-state index in [0.29, 0.717) is 21.5 Å². The molecule has 4 aromatic rings. The number of halogens is 2. The zero-order chi connectivity index (χ0) is 19.8. The number of nitro groups is 1. The molecule has 8 heteroatoms. The van der Waals surface area contributed by atoms with Gasteiger partial charge in [-0.3, -0.25) is 10.1 Å². The topological polar surface area (TPSA) is 76.0 Å². The number of aromatic nitrogens is 1. The van der Waals surface area contributed by atoms with Gasteiger partial charge >= 0.3 is 0 Å². The third-order valence-corrected chi connectivity index (χ3v) is 6.05. The Hall–Kier alpha value is -3.03. The molecule has 0 amide bonds. The van der Waals surface area contributed by atoms with Crippen molar-refractivity contribution in [1.82, 2.24) is 4.98 Å². The molecule has 0 bridgehead atoms. The molecule has 0 saturated carbocycles. The molecule has 3 aromatic carbocycles. The quantitative estimate of drug-likeness (QED) is 0.343. The summed E-state index contributed by atoms with van der Waals surface area (Å²) in [5.74, 6) is -0.634. The Kier molecular flexibility index (Phi) is 4.70. The molecule has 140 valence electrons. The van der Waals surface area contributed by atoms with Gasteiger partial charge in [-0.1, -0.05) is 48.0 Å². The third kappa shape index (κ3) is 3.19. The lowest BCUT2D eigenvalue weighted by Gasteiger charge is -2.06. The van der Waals surface area contributed by atoms with Crippen molar-refractivity contribution in [3.8, 4) is 11.3 Å². The summed E-state index contributed by atoms with van der Waals surface area (Å²) in [5.41, 5.74) is 1.66. The van der Waals surface area contributed by atoms with Crippen molar-refractivity contribution in [2.75, 3.05) is 0 Å². The zero-order valence-corrected chi connectivity index (χ0v) is 15.8. The molecule has 0 saturated heterocycles. The minimum Gasteiger partial charge on any atom is -0.353 e. The third-order valence-electron chi connectivity index (χ3n) is 4.28. The Balaban J connectivity index is 1.99. The van der Waals surface area contributed by atoms with Crippen LogP contribution in [0.1, 0.15) is 0 Å². The first kappa shape index (κ1) is 18.3. The molecular weight excluding hydrogens is 403 g/mol. The summed E-state index contributed by atoms with van der Waals surface area (Å²) in [6.45, 7) is 0. The van der Waals surface area contributed by atoms with E-state index >= 15 is 0 Å². The van der Waals surface area contributed by atoms with Gasteiger partial charge in [0.05, 0.1) is 36.2 Å². The van der Waals surface area contributed by atoms with E-state index in [1.807, 2.05) is 30.3 Å². The molecule has 0 aliphatic carbocycles. The van der Waals surface area contributed by atoms with E-state index in [1.165, 1.54) is 30.3 Å². The molecule has 0 radical (unpaired) electrons. The predicted octanol–water partition coefficient (Wildman–Crippen LogP) is 5.70. The summed E-state index contributed by atoms with van der Waals surface area (Å²) in [6.07, 6.45) is 0. The summed E-state index contributed by atoms with van der Waals surface area (Å²) in [5, 5.41) is 11.4. The van der Waals surface area contributed by atoms with Gasteiger partial charge < -0.3 is 4.98 Å². The molecule has 5 nitrogen and oxygen atoms in total. The summed E-state index contributed by atoms with van der Waals surface area (Å²) in [7, 11) is -1.79. The fourth-order valence-electron chi connectivity index (χ4n) is 3.00. The van der Waals surface area contributed by atoms with Crippen molar-refractivity contribution in [2.45, 2.75) is 9.79 Å². The van der Waals surface area contributed by atoms with Gasteiger partial charge in [0.1, 0.15) is 5.82 Å². The molecule has 0 aliphatic rings. The number of rotatable bonds is 4. The number of hydrogen-bond donors (Lipinski definition) is 1. The maximum Gasteiger partial charge on any atom is 0.270 e. The van der Waals surface area contributed by atoms with Gasteiger partial charge in [-0.25, -0.2) is 8.60 Å². The molecule has 28 heavy (non-hydrogen) atoms. The van der Waals surface area contributed by atoms with Crippen LogP contribution in [-0.2, 0) is 10.8 Å². The van der Waals surface area contributed by atoms with Crippen molar-refractivity contribution < 1.29 is 13.5 Å². The Morgan fingerprint density at radius 1 is 1.04 bits per heavy atom. The number of aromatic amines is 1. The van der Waals surface area contributed by atoms with Gasteiger partial charge in [0.25, 0.3) is 5.69 Å². The van der Waals surface area contributed by atoms with Gasteiger partial charge in [0.15, 0.2) is 0 Å². The molecule has 0 spiro atoms. The van der Waals surface area contributed by atoms with Crippen LogP contribution in [0.2, 0.25) is 5.02 Å². The van der Waals surface area contributed by atoms with Crippen molar-refractivity contribution in [1.29, 1.82) is 0 Å². The molecule has 1 N–H and O–H groups in total. The Bertz CT molecular complexity index is 1240. The van der Waals surface area contributed by atoms with E-state index in [9.17, 15) is 18.7 Å².